The number of carbonyl (C=O) groups excluding carboxylic acids is 1. The average molecular weight is 536 g/mol. The number of carbonyl (C=O) groups is 2. The minimum absolute atomic E-state index is 0.0506. The second-order valence-electron chi connectivity index (χ2n) is 8.99. The quantitative estimate of drug-likeness (QED) is 0.332. The van der Waals surface area contributed by atoms with Crippen molar-refractivity contribution in [1.82, 2.24) is 4.90 Å². The summed E-state index contributed by atoms with van der Waals surface area (Å²) in [6.45, 7) is 0.201. The Morgan fingerprint density at radius 1 is 1.03 bits per heavy atom. The molecule has 1 saturated carbocycles. The molecule has 1 aliphatic rings. The van der Waals surface area contributed by atoms with Crippen LogP contribution in [0.25, 0.3) is 0 Å². The number of nitrogens with two attached hydrogens (primary N) is 1. The zero-order valence-corrected chi connectivity index (χ0v) is 20.9. The predicted molar refractivity (Wildman–Crippen MR) is 136 cm³/mol. The number of amides is 1. The molecule has 0 aliphatic heterocycles. The first-order valence-electron chi connectivity index (χ1n) is 12.0. The first kappa shape index (κ1) is 28.2. The topological polar surface area (TPSA) is 96.0 Å². The van der Waals surface area contributed by atoms with Gasteiger partial charge in [0.1, 0.15) is 0 Å². The zero-order chi connectivity index (χ0) is 27.0. The zero-order valence-electron chi connectivity index (χ0n) is 20.1. The molecule has 1 amide bonds. The van der Waals surface area contributed by atoms with E-state index in [1.165, 1.54) is 4.90 Å². The standard InChI is InChI=1S/C27H29ClF3N3O3/c28-21-10-6-19(7-11-21)17-34(15-14-18-4-2-1-3-5-18)25(35)23(16-32)24(27(29,30)31)33-22-12-8-20(9-13-22)26(36)37/h1-7,10-11,16,20,22H,8-9,12-15,17,32H2,(H,36,37). The molecule has 6 nitrogen and oxygen atoms in total. The molecule has 0 radical (unpaired) electrons. The monoisotopic (exact) mass is 535 g/mol. The van der Waals surface area contributed by atoms with Crippen LogP contribution in [0.15, 0.2) is 71.4 Å². The Hall–Kier alpha value is -3.33. The Morgan fingerprint density at radius 2 is 1.65 bits per heavy atom. The minimum Gasteiger partial charge on any atom is -0.481 e. The van der Waals surface area contributed by atoms with E-state index in [1.54, 1.807) is 24.3 Å². The average Bonchev–Trinajstić information content (AvgIpc) is 2.87. The number of alkyl halides is 3. The Balaban J connectivity index is 1.88. The number of rotatable bonds is 9. The van der Waals surface area contributed by atoms with Gasteiger partial charge in [-0.3, -0.25) is 14.6 Å². The fraction of sp³-hybridized carbons (Fsp3) is 0.370. The lowest BCUT2D eigenvalue weighted by Crippen LogP contribution is -2.40. The molecule has 0 atom stereocenters. The van der Waals surface area contributed by atoms with Gasteiger partial charge in [0.05, 0.1) is 17.5 Å². The van der Waals surface area contributed by atoms with Crippen LogP contribution in [0.5, 0.6) is 0 Å². The molecule has 10 heteroatoms. The van der Waals surface area contributed by atoms with Gasteiger partial charge in [0.2, 0.25) is 0 Å². The van der Waals surface area contributed by atoms with Crippen molar-refractivity contribution in [2.75, 3.05) is 6.54 Å². The molecule has 0 bridgehead atoms. The van der Waals surface area contributed by atoms with Gasteiger partial charge < -0.3 is 15.7 Å². The second-order valence-corrected chi connectivity index (χ2v) is 9.42. The number of benzene rings is 2. The van der Waals surface area contributed by atoms with Crippen LogP contribution in [0.3, 0.4) is 0 Å². The number of halogens is 4. The van der Waals surface area contributed by atoms with E-state index in [0.29, 0.717) is 23.2 Å². The highest BCUT2D eigenvalue weighted by molar-refractivity contribution is 6.30. The van der Waals surface area contributed by atoms with Crippen LogP contribution in [0.1, 0.15) is 36.8 Å². The van der Waals surface area contributed by atoms with Gasteiger partial charge in [-0.05, 0) is 55.4 Å². The molecule has 37 heavy (non-hydrogen) atoms. The van der Waals surface area contributed by atoms with Crippen molar-refractivity contribution < 1.29 is 27.9 Å². The molecule has 198 valence electrons. The summed E-state index contributed by atoms with van der Waals surface area (Å²) in [5.74, 6) is -2.45. The Morgan fingerprint density at radius 3 is 2.19 bits per heavy atom. The molecule has 1 fully saturated rings. The lowest BCUT2D eigenvalue weighted by atomic mass is 9.86. The summed E-state index contributed by atoms with van der Waals surface area (Å²) < 4.78 is 42.5. The highest BCUT2D eigenvalue weighted by atomic mass is 35.5. The first-order chi connectivity index (χ1) is 17.6. The van der Waals surface area contributed by atoms with E-state index in [1.807, 2.05) is 30.3 Å². The van der Waals surface area contributed by atoms with E-state index in [-0.39, 0.29) is 38.8 Å². The van der Waals surface area contributed by atoms with Gasteiger partial charge in [0, 0.05) is 24.3 Å². The maximum atomic E-state index is 14.2. The normalized spacial score (nSPS) is 18.9. The van der Waals surface area contributed by atoms with Gasteiger partial charge in [-0.15, -0.1) is 0 Å². The summed E-state index contributed by atoms with van der Waals surface area (Å²) >= 11 is 5.96. The predicted octanol–water partition coefficient (Wildman–Crippen LogP) is 5.40. The van der Waals surface area contributed by atoms with Crippen molar-refractivity contribution in [2.24, 2.45) is 16.6 Å². The summed E-state index contributed by atoms with van der Waals surface area (Å²) in [6, 6.07) is 15.3. The fourth-order valence-electron chi connectivity index (χ4n) is 4.32. The molecule has 3 rings (SSSR count). The van der Waals surface area contributed by atoms with Crippen LogP contribution in [-0.2, 0) is 22.6 Å². The number of hydrogen-bond donors (Lipinski definition) is 2. The molecule has 0 heterocycles. The number of aliphatic carboxylic acids is 1. The molecular formula is C27H29ClF3N3O3. The van der Waals surface area contributed by atoms with Crippen LogP contribution in [-0.4, -0.2) is 46.4 Å². The summed E-state index contributed by atoms with van der Waals surface area (Å²) in [4.78, 5) is 29.9. The van der Waals surface area contributed by atoms with E-state index >= 15 is 0 Å². The van der Waals surface area contributed by atoms with Gasteiger partial charge in [0.25, 0.3) is 5.91 Å². The lowest BCUT2D eigenvalue weighted by molar-refractivity contribution is -0.142. The number of nitrogens with zero attached hydrogens (tertiary/aromatic N) is 2. The largest absolute Gasteiger partial charge is 0.481 e. The number of hydrogen-bond acceptors (Lipinski definition) is 4. The Kier molecular flexibility index (Phi) is 9.74. The minimum atomic E-state index is -4.92. The van der Waals surface area contributed by atoms with E-state index in [2.05, 4.69) is 4.99 Å². The number of aliphatic imine (C=N–C) groups is 1. The van der Waals surface area contributed by atoms with Crippen molar-refractivity contribution in [2.45, 2.75) is 50.9 Å². The van der Waals surface area contributed by atoms with Gasteiger partial charge in [-0.1, -0.05) is 54.1 Å². The third kappa shape index (κ3) is 8.08. The maximum absolute atomic E-state index is 14.2. The molecule has 0 spiro atoms. The highest BCUT2D eigenvalue weighted by Gasteiger charge is 2.42. The third-order valence-electron chi connectivity index (χ3n) is 6.37. The molecule has 0 unspecified atom stereocenters. The Bertz CT molecular complexity index is 1130. The van der Waals surface area contributed by atoms with Gasteiger partial charge in [0.15, 0.2) is 5.71 Å². The summed E-state index contributed by atoms with van der Waals surface area (Å²) in [5.41, 5.74) is 5.17. The van der Waals surface area contributed by atoms with Crippen LogP contribution in [0, 0.1) is 5.92 Å². The smallest absolute Gasteiger partial charge is 0.433 e. The van der Waals surface area contributed by atoms with E-state index in [4.69, 9.17) is 22.4 Å². The molecule has 0 saturated heterocycles. The second kappa shape index (κ2) is 12.8. The van der Waals surface area contributed by atoms with Gasteiger partial charge >= 0.3 is 12.1 Å². The van der Waals surface area contributed by atoms with Crippen molar-refractivity contribution in [3.05, 3.63) is 82.5 Å². The lowest BCUT2D eigenvalue weighted by Gasteiger charge is -2.27. The number of carboxylic acid groups (broad SMARTS) is 1. The van der Waals surface area contributed by atoms with Crippen LogP contribution in [0.4, 0.5) is 13.2 Å². The molecule has 3 N–H and O–H groups in total. The van der Waals surface area contributed by atoms with E-state index in [9.17, 15) is 22.8 Å². The van der Waals surface area contributed by atoms with E-state index < -0.39 is 41.3 Å². The van der Waals surface area contributed by atoms with Crippen molar-refractivity contribution in [3.8, 4) is 0 Å². The molecule has 2 aromatic rings. The summed E-state index contributed by atoms with van der Waals surface area (Å²) in [6.07, 6.45) is -3.01. The van der Waals surface area contributed by atoms with Crippen molar-refractivity contribution in [3.63, 3.8) is 0 Å². The molecule has 1 aliphatic carbocycles. The first-order valence-corrected chi connectivity index (χ1v) is 12.3. The van der Waals surface area contributed by atoms with Crippen LogP contribution >= 0.6 is 11.6 Å². The third-order valence-corrected chi connectivity index (χ3v) is 6.62. The Labute approximate surface area is 218 Å². The molecule has 2 aromatic carbocycles. The summed E-state index contributed by atoms with van der Waals surface area (Å²) in [7, 11) is 0. The van der Waals surface area contributed by atoms with E-state index in [0.717, 1.165) is 5.56 Å². The van der Waals surface area contributed by atoms with Gasteiger partial charge in [-0.2, -0.15) is 13.2 Å². The fourth-order valence-corrected chi connectivity index (χ4v) is 4.45. The number of carboxylic acids is 1. The summed E-state index contributed by atoms with van der Waals surface area (Å²) in [5, 5.41) is 9.66. The SMILES string of the molecule is NC=C(C(=O)N(CCc1ccccc1)Cc1ccc(Cl)cc1)C(=NC1CCC(C(=O)O)CC1)C(F)(F)F. The van der Waals surface area contributed by atoms with Crippen molar-refractivity contribution >= 4 is 29.2 Å². The molecule has 0 aromatic heterocycles. The highest BCUT2D eigenvalue weighted by Crippen LogP contribution is 2.30. The van der Waals surface area contributed by atoms with Crippen molar-refractivity contribution in [1.29, 1.82) is 0 Å². The van der Waals surface area contributed by atoms with Crippen LogP contribution in [0.2, 0.25) is 5.02 Å². The van der Waals surface area contributed by atoms with Gasteiger partial charge in [-0.25, -0.2) is 0 Å². The van der Waals surface area contributed by atoms with Crippen LogP contribution < -0.4 is 5.73 Å². The maximum Gasteiger partial charge on any atom is 0.433 e. The molecular weight excluding hydrogens is 507 g/mol.